The van der Waals surface area contributed by atoms with Gasteiger partial charge >= 0.3 is 0 Å². The molecule has 4 rings (SSSR count). The van der Waals surface area contributed by atoms with Crippen LogP contribution >= 0.6 is 0 Å². The lowest BCUT2D eigenvalue weighted by Gasteiger charge is -2.29. The first-order valence-electron chi connectivity index (χ1n) is 9.26. The fraction of sp³-hybridized carbons (Fsp3) is 0.421. The summed E-state index contributed by atoms with van der Waals surface area (Å²) >= 11 is 0. The smallest absolute Gasteiger partial charge is 0.271 e. The number of anilines is 1. The number of nitrogens with zero attached hydrogens (tertiary/aromatic N) is 3. The number of imidazole rings is 1. The maximum absolute atomic E-state index is 14.0. The molecule has 0 saturated carbocycles. The van der Waals surface area contributed by atoms with E-state index in [1.165, 1.54) is 18.5 Å². The minimum atomic E-state index is -4.19. The van der Waals surface area contributed by atoms with Gasteiger partial charge in [0.2, 0.25) is 0 Å². The molecular formula is C19H22F2N4O2S. The summed E-state index contributed by atoms with van der Waals surface area (Å²) < 4.78 is 55.6. The van der Waals surface area contributed by atoms with E-state index in [4.69, 9.17) is 0 Å². The molecule has 9 heteroatoms. The molecule has 0 spiro atoms. The van der Waals surface area contributed by atoms with Gasteiger partial charge in [0.15, 0.2) is 0 Å². The molecular weight excluding hydrogens is 386 g/mol. The predicted molar refractivity (Wildman–Crippen MR) is 105 cm³/mol. The van der Waals surface area contributed by atoms with Crippen LogP contribution in [0.4, 0.5) is 14.5 Å². The van der Waals surface area contributed by atoms with Crippen LogP contribution in [0.15, 0.2) is 47.2 Å². The van der Waals surface area contributed by atoms with Gasteiger partial charge in [0.25, 0.3) is 15.9 Å². The highest BCUT2D eigenvalue weighted by molar-refractivity contribution is 7.94. The van der Waals surface area contributed by atoms with Gasteiger partial charge in [-0.1, -0.05) is 18.2 Å². The molecule has 2 heterocycles. The number of alkyl halides is 2. The molecule has 0 radical (unpaired) electrons. The minimum Gasteiger partial charge on any atom is -0.367 e. The van der Waals surface area contributed by atoms with Crippen molar-refractivity contribution in [3.63, 3.8) is 0 Å². The van der Waals surface area contributed by atoms with Crippen LogP contribution in [0.2, 0.25) is 0 Å². The average molecular weight is 408 g/mol. The van der Waals surface area contributed by atoms with Gasteiger partial charge < -0.3 is 10.2 Å². The summed E-state index contributed by atoms with van der Waals surface area (Å²) in [6.07, 6.45) is 4.72. The summed E-state index contributed by atoms with van der Waals surface area (Å²) in [5.41, 5.74) is 1.35. The molecule has 2 aliphatic rings. The second kappa shape index (κ2) is 6.97. The Balaban J connectivity index is 1.81. The fourth-order valence-electron chi connectivity index (χ4n) is 3.75. The van der Waals surface area contributed by atoms with E-state index in [0.717, 1.165) is 42.8 Å². The lowest BCUT2D eigenvalue weighted by molar-refractivity contribution is 0.0661. The Kier molecular flexibility index (Phi) is 4.75. The van der Waals surface area contributed by atoms with Crippen molar-refractivity contribution in [2.45, 2.75) is 25.7 Å². The van der Waals surface area contributed by atoms with Crippen LogP contribution in [0.5, 0.6) is 0 Å². The van der Waals surface area contributed by atoms with Crippen LogP contribution in [-0.2, 0) is 10.0 Å². The van der Waals surface area contributed by atoms with Gasteiger partial charge in [-0.3, -0.25) is 0 Å². The van der Waals surface area contributed by atoms with Crippen LogP contribution in [0.1, 0.15) is 19.8 Å². The number of fused-ring (bicyclic) bond motifs is 1. The molecule has 0 bridgehead atoms. The molecule has 0 amide bonds. The maximum atomic E-state index is 14.0. The van der Waals surface area contributed by atoms with Gasteiger partial charge in [0, 0.05) is 38.7 Å². The van der Waals surface area contributed by atoms with Gasteiger partial charge in [0.05, 0.1) is 16.1 Å². The van der Waals surface area contributed by atoms with Crippen molar-refractivity contribution in [1.29, 1.82) is 0 Å². The largest absolute Gasteiger partial charge is 0.367 e. The summed E-state index contributed by atoms with van der Waals surface area (Å²) in [5, 5.41) is 3.28. The van der Waals surface area contributed by atoms with Crippen LogP contribution in [0, 0.1) is 0 Å². The molecule has 0 unspecified atom stereocenters. The SMILES string of the molecule is CC(F)(F)C1=CCCC=C1S(=O)(=O)n1cnc2c(N3CCNCC3)cccc21. The highest BCUT2D eigenvalue weighted by Gasteiger charge is 2.38. The first kappa shape index (κ1) is 19.1. The number of aromatic nitrogens is 2. The normalized spacial score (nSPS) is 18.9. The average Bonchev–Trinajstić information content (AvgIpc) is 3.13. The molecule has 0 atom stereocenters. The first-order valence-corrected chi connectivity index (χ1v) is 10.7. The molecule has 1 saturated heterocycles. The highest BCUT2D eigenvalue weighted by Crippen LogP contribution is 2.37. The van der Waals surface area contributed by atoms with E-state index in [-0.39, 0.29) is 4.91 Å². The number of allylic oxidation sites excluding steroid dienone is 3. The molecule has 1 N–H and O–H groups in total. The van der Waals surface area contributed by atoms with Gasteiger partial charge in [0.1, 0.15) is 11.8 Å². The Hall–Kier alpha value is -2.26. The number of benzene rings is 1. The zero-order valence-corrected chi connectivity index (χ0v) is 16.3. The van der Waals surface area contributed by atoms with E-state index in [0.29, 0.717) is 23.9 Å². The Labute approximate surface area is 162 Å². The third-order valence-electron chi connectivity index (χ3n) is 5.10. The van der Waals surface area contributed by atoms with Crippen LogP contribution < -0.4 is 10.2 Å². The quantitative estimate of drug-likeness (QED) is 0.843. The standard InChI is InChI=1S/C19H22F2N4O2S/c1-19(20,21)14-5-2-3-8-17(14)28(26,27)25-13-23-18-15(6-4-7-16(18)25)24-11-9-22-10-12-24/h4-8,13,22H,2-3,9-12H2,1H3. The van der Waals surface area contributed by atoms with Crippen molar-refractivity contribution in [1.82, 2.24) is 14.3 Å². The highest BCUT2D eigenvalue weighted by atomic mass is 32.2. The molecule has 150 valence electrons. The van der Waals surface area contributed by atoms with Crippen molar-refractivity contribution in [2.24, 2.45) is 0 Å². The fourth-order valence-corrected chi connectivity index (χ4v) is 5.41. The van der Waals surface area contributed by atoms with E-state index >= 15 is 0 Å². The third kappa shape index (κ3) is 3.22. The van der Waals surface area contributed by atoms with Crippen LogP contribution in [0.3, 0.4) is 0 Å². The van der Waals surface area contributed by atoms with E-state index in [1.807, 2.05) is 6.07 Å². The topological polar surface area (TPSA) is 67.2 Å². The number of piperazine rings is 1. The van der Waals surface area contributed by atoms with Crippen LogP contribution in [0.25, 0.3) is 11.0 Å². The molecule has 2 aromatic rings. The maximum Gasteiger partial charge on any atom is 0.271 e. The number of hydrogen-bond donors (Lipinski definition) is 1. The van der Waals surface area contributed by atoms with E-state index in [9.17, 15) is 17.2 Å². The first-order chi connectivity index (χ1) is 13.3. The van der Waals surface area contributed by atoms with E-state index in [1.54, 1.807) is 12.1 Å². The second-order valence-electron chi connectivity index (χ2n) is 7.08. The molecule has 1 fully saturated rings. The van der Waals surface area contributed by atoms with E-state index in [2.05, 4.69) is 15.2 Å². The Morgan fingerprint density at radius 1 is 1.14 bits per heavy atom. The number of para-hydroxylation sites is 1. The summed E-state index contributed by atoms with van der Waals surface area (Å²) in [6.45, 7) is 3.98. The molecule has 28 heavy (non-hydrogen) atoms. The second-order valence-corrected chi connectivity index (χ2v) is 8.86. The zero-order chi connectivity index (χ0) is 19.9. The lowest BCUT2D eigenvalue weighted by Crippen LogP contribution is -2.43. The third-order valence-corrected chi connectivity index (χ3v) is 6.85. The number of hydrogen-bond acceptors (Lipinski definition) is 5. The zero-order valence-electron chi connectivity index (χ0n) is 15.5. The molecule has 1 aliphatic carbocycles. The van der Waals surface area contributed by atoms with Gasteiger partial charge in [-0.2, -0.15) is 0 Å². The Bertz CT molecular complexity index is 1060. The monoisotopic (exact) mass is 408 g/mol. The molecule has 1 aromatic heterocycles. The number of rotatable bonds is 4. The minimum absolute atomic E-state index is 0.335. The summed E-state index contributed by atoms with van der Waals surface area (Å²) in [6, 6.07) is 5.33. The summed E-state index contributed by atoms with van der Waals surface area (Å²) in [5.74, 6) is -3.23. The van der Waals surface area contributed by atoms with Crippen molar-refractivity contribution in [2.75, 3.05) is 31.1 Å². The van der Waals surface area contributed by atoms with E-state index < -0.39 is 21.5 Å². The molecule has 1 aliphatic heterocycles. The number of halogens is 2. The van der Waals surface area contributed by atoms with Crippen molar-refractivity contribution < 1.29 is 17.2 Å². The van der Waals surface area contributed by atoms with Crippen molar-refractivity contribution >= 4 is 26.7 Å². The lowest BCUT2D eigenvalue weighted by atomic mass is 10.0. The molecule has 6 nitrogen and oxygen atoms in total. The van der Waals surface area contributed by atoms with Gasteiger partial charge in [-0.15, -0.1) is 0 Å². The Morgan fingerprint density at radius 3 is 2.57 bits per heavy atom. The van der Waals surface area contributed by atoms with Crippen molar-refractivity contribution in [3.8, 4) is 0 Å². The summed E-state index contributed by atoms with van der Waals surface area (Å²) in [4.78, 5) is 6.14. The van der Waals surface area contributed by atoms with Gasteiger partial charge in [-0.05, 0) is 25.0 Å². The molecule has 1 aromatic carbocycles. The number of nitrogens with one attached hydrogen (secondary N) is 1. The van der Waals surface area contributed by atoms with Crippen LogP contribution in [-0.4, -0.2) is 49.5 Å². The van der Waals surface area contributed by atoms with Crippen molar-refractivity contribution in [3.05, 3.63) is 47.2 Å². The predicted octanol–water partition coefficient (Wildman–Crippen LogP) is 2.88. The van der Waals surface area contributed by atoms with Gasteiger partial charge in [-0.25, -0.2) is 26.2 Å². The Morgan fingerprint density at radius 2 is 1.86 bits per heavy atom. The summed E-state index contributed by atoms with van der Waals surface area (Å²) in [7, 11) is -4.19.